The highest BCUT2D eigenvalue weighted by molar-refractivity contribution is 14.0. The average Bonchev–Trinajstić information content (AvgIpc) is 2.62. The molecule has 0 aliphatic carbocycles. The van der Waals surface area contributed by atoms with E-state index in [1.807, 2.05) is 18.7 Å². The van der Waals surface area contributed by atoms with Gasteiger partial charge in [-0.25, -0.2) is 4.99 Å². The van der Waals surface area contributed by atoms with E-state index in [1.54, 1.807) is 0 Å². The zero-order valence-corrected chi connectivity index (χ0v) is 14.0. The molecule has 2 heterocycles. The van der Waals surface area contributed by atoms with Crippen LogP contribution in [-0.2, 0) is 18.3 Å². The molecule has 1 aliphatic heterocycles. The number of aliphatic imine (C=N–C) groups is 1. The average molecular weight is 379 g/mol. The second-order valence-corrected chi connectivity index (χ2v) is 4.55. The van der Waals surface area contributed by atoms with Gasteiger partial charge < -0.3 is 15.4 Å². The predicted octanol–water partition coefficient (Wildman–Crippen LogP) is 0.802. The SMILES string of the molecule is Cc1nn(C)c(C)c1CN=C(N)N1CCOCC1.I. The Labute approximate surface area is 131 Å². The van der Waals surface area contributed by atoms with E-state index in [2.05, 4.69) is 21.9 Å². The van der Waals surface area contributed by atoms with Crippen molar-refractivity contribution in [2.45, 2.75) is 20.4 Å². The molecule has 6 nitrogen and oxygen atoms in total. The fourth-order valence-electron chi connectivity index (χ4n) is 2.10. The lowest BCUT2D eigenvalue weighted by Crippen LogP contribution is -2.44. The Balaban J connectivity index is 0.00000180. The van der Waals surface area contributed by atoms with Crippen LogP contribution in [0.1, 0.15) is 17.0 Å². The van der Waals surface area contributed by atoms with Crippen molar-refractivity contribution >= 4 is 29.9 Å². The molecule has 1 saturated heterocycles. The highest BCUT2D eigenvalue weighted by Crippen LogP contribution is 2.13. The molecule has 1 aromatic rings. The summed E-state index contributed by atoms with van der Waals surface area (Å²) >= 11 is 0. The number of hydrogen-bond acceptors (Lipinski definition) is 3. The van der Waals surface area contributed by atoms with Crippen LogP contribution in [0.15, 0.2) is 4.99 Å². The number of aromatic nitrogens is 2. The Morgan fingerprint density at radius 1 is 1.37 bits per heavy atom. The first-order valence-electron chi connectivity index (χ1n) is 6.21. The van der Waals surface area contributed by atoms with Crippen LogP contribution in [0, 0.1) is 13.8 Å². The van der Waals surface area contributed by atoms with Crippen molar-refractivity contribution in [3.8, 4) is 0 Å². The third-order valence-electron chi connectivity index (χ3n) is 3.39. The summed E-state index contributed by atoms with van der Waals surface area (Å²) in [5.41, 5.74) is 9.32. The molecule has 0 atom stereocenters. The molecule has 19 heavy (non-hydrogen) atoms. The van der Waals surface area contributed by atoms with Gasteiger partial charge in [0.25, 0.3) is 0 Å². The summed E-state index contributed by atoms with van der Waals surface area (Å²) < 4.78 is 7.17. The number of rotatable bonds is 2. The fraction of sp³-hybridized carbons (Fsp3) is 0.667. The number of aryl methyl sites for hydroxylation is 2. The summed E-state index contributed by atoms with van der Waals surface area (Å²) in [5, 5.41) is 4.37. The van der Waals surface area contributed by atoms with E-state index in [9.17, 15) is 0 Å². The van der Waals surface area contributed by atoms with Gasteiger partial charge >= 0.3 is 0 Å². The number of hydrogen-bond donors (Lipinski definition) is 1. The number of guanidine groups is 1. The largest absolute Gasteiger partial charge is 0.378 e. The molecular formula is C12H22IN5O. The van der Waals surface area contributed by atoms with E-state index < -0.39 is 0 Å². The van der Waals surface area contributed by atoms with Crippen molar-refractivity contribution in [3.05, 3.63) is 17.0 Å². The number of nitrogens with zero attached hydrogens (tertiary/aromatic N) is 4. The van der Waals surface area contributed by atoms with E-state index in [-0.39, 0.29) is 24.0 Å². The van der Waals surface area contributed by atoms with E-state index in [0.717, 1.165) is 43.3 Å². The molecule has 7 heteroatoms. The standard InChI is InChI=1S/C12H21N5O.HI/c1-9-11(10(2)16(3)15-9)8-14-12(13)17-4-6-18-7-5-17;/h4-8H2,1-3H3,(H2,13,14);1H. The van der Waals surface area contributed by atoms with Gasteiger partial charge in [-0.2, -0.15) is 5.10 Å². The first-order valence-corrected chi connectivity index (χ1v) is 6.21. The lowest BCUT2D eigenvalue weighted by molar-refractivity contribution is 0.0674. The second kappa shape index (κ2) is 7.09. The minimum atomic E-state index is 0. The Morgan fingerprint density at radius 3 is 2.53 bits per heavy atom. The van der Waals surface area contributed by atoms with Gasteiger partial charge in [-0.15, -0.1) is 24.0 Å². The van der Waals surface area contributed by atoms with Crippen LogP contribution in [0.2, 0.25) is 0 Å². The molecule has 108 valence electrons. The molecule has 0 radical (unpaired) electrons. The van der Waals surface area contributed by atoms with Crippen LogP contribution in [0.3, 0.4) is 0 Å². The topological polar surface area (TPSA) is 68.7 Å². The third-order valence-corrected chi connectivity index (χ3v) is 3.39. The first kappa shape index (κ1) is 16.2. The molecule has 0 unspecified atom stereocenters. The number of ether oxygens (including phenoxy) is 1. The molecule has 0 aromatic carbocycles. The fourth-order valence-corrected chi connectivity index (χ4v) is 2.10. The summed E-state index contributed by atoms with van der Waals surface area (Å²) in [4.78, 5) is 6.52. The molecule has 0 amide bonds. The van der Waals surface area contributed by atoms with Gasteiger partial charge in [-0.3, -0.25) is 4.68 Å². The van der Waals surface area contributed by atoms with Gasteiger partial charge in [0.05, 0.1) is 25.5 Å². The molecule has 2 rings (SSSR count). The maximum Gasteiger partial charge on any atom is 0.191 e. The monoisotopic (exact) mass is 379 g/mol. The number of halogens is 1. The van der Waals surface area contributed by atoms with Crippen molar-refractivity contribution in [2.75, 3.05) is 26.3 Å². The van der Waals surface area contributed by atoms with Gasteiger partial charge in [-0.05, 0) is 13.8 Å². The molecule has 1 fully saturated rings. The van der Waals surface area contributed by atoms with Crippen LogP contribution in [0.5, 0.6) is 0 Å². The minimum absolute atomic E-state index is 0. The zero-order valence-electron chi connectivity index (χ0n) is 11.7. The van der Waals surface area contributed by atoms with Gasteiger partial charge in [0, 0.05) is 31.4 Å². The highest BCUT2D eigenvalue weighted by atomic mass is 127. The Bertz CT molecular complexity index is 451. The highest BCUT2D eigenvalue weighted by Gasteiger charge is 2.13. The Kier molecular flexibility index (Phi) is 6.05. The van der Waals surface area contributed by atoms with Crippen molar-refractivity contribution < 1.29 is 4.74 Å². The molecule has 0 saturated carbocycles. The Hall–Kier alpha value is -0.830. The molecule has 2 N–H and O–H groups in total. The van der Waals surface area contributed by atoms with Gasteiger partial charge in [-0.1, -0.05) is 0 Å². The molecule has 0 bridgehead atoms. The van der Waals surface area contributed by atoms with Crippen LogP contribution < -0.4 is 5.73 Å². The van der Waals surface area contributed by atoms with Crippen molar-refractivity contribution in [1.29, 1.82) is 0 Å². The van der Waals surface area contributed by atoms with E-state index >= 15 is 0 Å². The van der Waals surface area contributed by atoms with Crippen molar-refractivity contribution in [1.82, 2.24) is 14.7 Å². The normalized spacial score (nSPS) is 16.4. The summed E-state index contributed by atoms with van der Waals surface area (Å²) in [5.74, 6) is 0.598. The zero-order chi connectivity index (χ0) is 13.1. The van der Waals surface area contributed by atoms with Gasteiger partial charge in [0.1, 0.15) is 0 Å². The maximum atomic E-state index is 6.00. The molecule has 1 aromatic heterocycles. The predicted molar refractivity (Wildman–Crippen MR) is 85.8 cm³/mol. The smallest absolute Gasteiger partial charge is 0.191 e. The maximum absolute atomic E-state index is 6.00. The molecule has 1 aliphatic rings. The second-order valence-electron chi connectivity index (χ2n) is 4.55. The van der Waals surface area contributed by atoms with E-state index in [1.165, 1.54) is 0 Å². The number of nitrogens with two attached hydrogens (primary N) is 1. The Morgan fingerprint density at radius 2 is 2.00 bits per heavy atom. The molecule has 0 spiro atoms. The summed E-state index contributed by atoms with van der Waals surface area (Å²) in [6.45, 7) is 7.73. The van der Waals surface area contributed by atoms with Crippen LogP contribution in [-0.4, -0.2) is 46.9 Å². The van der Waals surface area contributed by atoms with E-state index in [0.29, 0.717) is 12.5 Å². The molecular weight excluding hydrogens is 357 g/mol. The summed E-state index contributed by atoms with van der Waals surface area (Å²) in [6.07, 6.45) is 0. The summed E-state index contributed by atoms with van der Waals surface area (Å²) in [6, 6.07) is 0. The van der Waals surface area contributed by atoms with Crippen LogP contribution in [0.4, 0.5) is 0 Å². The van der Waals surface area contributed by atoms with Crippen LogP contribution >= 0.6 is 24.0 Å². The van der Waals surface area contributed by atoms with E-state index in [4.69, 9.17) is 10.5 Å². The minimum Gasteiger partial charge on any atom is -0.378 e. The summed E-state index contributed by atoms with van der Waals surface area (Å²) in [7, 11) is 1.95. The van der Waals surface area contributed by atoms with Crippen molar-refractivity contribution in [2.24, 2.45) is 17.8 Å². The van der Waals surface area contributed by atoms with Gasteiger partial charge in [0.2, 0.25) is 0 Å². The quantitative estimate of drug-likeness (QED) is 0.469. The third kappa shape index (κ3) is 3.82. The lowest BCUT2D eigenvalue weighted by Gasteiger charge is -2.27. The van der Waals surface area contributed by atoms with Gasteiger partial charge in [0.15, 0.2) is 5.96 Å². The first-order chi connectivity index (χ1) is 8.59. The van der Waals surface area contributed by atoms with Crippen molar-refractivity contribution in [3.63, 3.8) is 0 Å². The number of morpholine rings is 1. The van der Waals surface area contributed by atoms with Crippen LogP contribution in [0.25, 0.3) is 0 Å². The lowest BCUT2D eigenvalue weighted by atomic mass is 10.2.